The van der Waals surface area contributed by atoms with E-state index in [1.807, 2.05) is 12.1 Å². The number of hydrogen-bond donors (Lipinski definition) is 1. The summed E-state index contributed by atoms with van der Waals surface area (Å²) in [6, 6.07) is 5.55. The molecule has 16 heavy (non-hydrogen) atoms. The van der Waals surface area contributed by atoms with Crippen molar-refractivity contribution in [1.29, 1.82) is 0 Å². The monoisotopic (exact) mass is 221 g/mol. The van der Waals surface area contributed by atoms with E-state index >= 15 is 0 Å². The van der Waals surface area contributed by atoms with Gasteiger partial charge in [-0.05, 0) is 37.0 Å². The minimum Gasteiger partial charge on any atom is -0.462 e. The van der Waals surface area contributed by atoms with E-state index in [1.165, 1.54) is 0 Å². The first-order valence-electron chi connectivity index (χ1n) is 5.60. The van der Waals surface area contributed by atoms with E-state index in [-0.39, 0.29) is 5.97 Å². The van der Waals surface area contributed by atoms with Gasteiger partial charge in [0.15, 0.2) is 0 Å². The van der Waals surface area contributed by atoms with Gasteiger partial charge in [0, 0.05) is 5.69 Å². The van der Waals surface area contributed by atoms with E-state index < -0.39 is 0 Å². The molecule has 0 aliphatic carbocycles. The van der Waals surface area contributed by atoms with Gasteiger partial charge < -0.3 is 10.5 Å². The third-order valence-corrected chi connectivity index (χ3v) is 2.26. The second kappa shape index (κ2) is 5.54. The van der Waals surface area contributed by atoms with Gasteiger partial charge in [0.1, 0.15) is 0 Å². The zero-order chi connectivity index (χ0) is 12.1. The number of anilines is 1. The first-order chi connectivity index (χ1) is 7.54. The Hall–Kier alpha value is -1.51. The summed E-state index contributed by atoms with van der Waals surface area (Å²) in [7, 11) is 0. The molecule has 0 aromatic heterocycles. The first kappa shape index (κ1) is 12.6. The highest BCUT2D eigenvalue weighted by molar-refractivity contribution is 5.95. The summed E-state index contributed by atoms with van der Waals surface area (Å²) >= 11 is 0. The number of carbonyl (C=O) groups is 1. The maximum absolute atomic E-state index is 11.6. The SMILES string of the molecule is CCOC(=O)c1cc(CC(C)C)ccc1N. The lowest BCUT2D eigenvalue weighted by atomic mass is 10.00. The summed E-state index contributed by atoms with van der Waals surface area (Å²) in [5.74, 6) is 0.212. The Labute approximate surface area is 96.6 Å². The fourth-order valence-electron chi connectivity index (χ4n) is 1.59. The number of nitrogen functional groups attached to an aromatic ring is 1. The Balaban J connectivity index is 2.94. The van der Waals surface area contributed by atoms with Gasteiger partial charge >= 0.3 is 5.97 Å². The maximum Gasteiger partial charge on any atom is 0.340 e. The smallest absolute Gasteiger partial charge is 0.340 e. The fourth-order valence-corrected chi connectivity index (χ4v) is 1.59. The maximum atomic E-state index is 11.6. The lowest BCUT2D eigenvalue weighted by Crippen LogP contribution is -2.09. The Bertz CT molecular complexity index is 372. The van der Waals surface area contributed by atoms with Crippen LogP contribution < -0.4 is 5.73 Å². The van der Waals surface area contributed by atoms with Crippen LogP contribution in [0, 0.1) is 5.92 Å². The number of benzene rings is 1. The highest BCUT2D eigenvalue weighted by Crippen LogP contribution is 2.17. The Morgan fingerprint density at radius 2 is 2.12 bits per heavy atom. The third kappa shape index (κ3) is 3.26. The normalized spacial score (nSPS) is 10.5. The number of esters is 1. The average molecular weight is 221 g/mol. The van der Waals surface area contributed by atoms with Crippen molar-refractivity contribution in [2.75, 3.05) is 12.3 Å². The van der Waals surface area contributed by atoms with Gasteiger partial charge in [0.2, 0.25) is 0 Å². The van der Waals surface area contributed by atoms with Crippen molar-refractivity contribution in [3.8, 4) is 0 Å². The molecule has 0 spiro atoms. The molecule has 0 saturated carbocycles. The van der Waals surface area contributed by atoms with Crippen LogP contribution in [0.5, 0.6) is 0 Å². The fraction of sp³-hybridized carbons (Fsp3) is 0.462. The number of rotatable bonds is 4. The van der Waals surface area contributed by atoms with E-state index in [4.69, 9.17) is 10.5 Å². The molecule has 1 aromatic carbocycles. The van der Waals surface area contributed by atoms with Crippen molar-refractivity contribution in [2.24, 2.45) is 5.92 Å². The highest BCUT2D eigenvalue weighted by Gasteiger charge is 2.11. The molecule has 0 unspecified atom stereocenters. The van der Waals surface area contributed by atoms with Crippen LogP contribution in [0.2, 0.25) is 0 Å². The van der Waals surface area contributed by atoms with E-state index in [9.17, 15) is 4.79 Å². The Kier molecular flexibility index (Phi) is 4.35. The molecule has 88 valence electrons. The molecular formula is C13H19NO2. The number of ether oxygens (including phenoxy) is 1. The zero-order valence-electron chi connectivity index (χ0n) is 10.1. The molecule has 0 amide bonds. The Morgan fingerprint density at radius 3 is 2.69 bits per heavy atom. The molecule has 0 atom stereocenters. The molecule has 0 radical (unpaired) electrons. The van der Waals surface area contributed by atoms with E-state index in [0.29, 0.717) is 23.8 Å². The lowest BCUT2D eigenvalue weighted by Gasteiger charge is -2.09. The minimum absolute atomic E-state index is 0.342. The zero-order valence-corrected chi connectivity index (χ0v) is 10.1. The topological polar surface area (TPSA) is 52.3 Å². The van der Waals surface area contributed by atoms with Crippen molar-refractivity contribution in [2.45, 2.75) is 27.2 Å². The molecule has 0 fully saturated rings. The van der Waals surface area contributed by atoms with Crippen molar-refractivity contribution >= 4 is 11.7 Å². The van der Waals surface area contributed by atoms with Crippen LogP contribution in [0.1, 0.15) is 36.7 Å². The third-order valence-electron chi connectivity index (χ3n) is 2.26. The van der Waals surface area contributed by atoms with Crippen LogP contribution in [0.15, 0.2) is 18.2 Å². The summed E-state index contributed by atoms with van der Waals surface area (Å²) < 4.78 is 4.95. The van der Waals surface area contributed by atoms with Gasteiger partial charge in [-0.15, -0.1) is 0 Å². The second-order valence-electron chi connectivity index (χ2n) is 4.24. The van der Waals surface area contributed by atoms with Gasteiger partial charge in [-0.25, -0.2) is 4.79 Å². The van der Waals surface area contributed by atoms with Crippen LogP contribution in [0.4, 0.5) is 5.69 Å². The second-order valence-corrected chi connectivity index (χ2v) is 4.24. The van der Waals surface area contributed by atoms with E-state index in [0.717, 1.165) is 12.0 Å². The van der Waals surface area contributed by atoms with Gasteiger partial charge in [0.25, 0.3) is 0 Å². The van der Waals surface area contributed by atoms with Crippen molar-refractivity contribution in [3.63, 3.8) is 0 Å². The molecule has 0 aliphatic heterocycles. The molecule has 3 heteroatoms. The highest BCUT2D eigenvalue weighted by atomic mass is 16.5. The molecule has 3 nitrogen and oxygen atoms in total. The molecule has 0 saturated heterocycles. The van der Waals surface area contributed by atoms with Gasteiger partial charge in [-0.3, -0.25) is 0 Å². The molecular weight excluding hydrogens is 202 g/mol. The van der Waals surface area contributed by atoms with Crippen molar-refractivity contribution in [1.82, 2.24) is 0 Å². The van der Waals surface area contributed by atoms with Crippen LogP contribution >= 0.6 is 0 Å². The predicted molar refractivity (Wildman–Crippen MR) is 65.4 cm³/mol. The average Bonchev–Trinajstić information content (AvgIpc) is 2.20. The molecule has 0 heterocycles. The predicted octanol–water partition coefficient (Wildman–Crippen LogP) is 2.64. The van der Waals surface area contributed by atoms with Crippen LogP contribution in [0.3, 0.4) is 0 Å². The van der Waals surface area contributed by atoms with Crippen LogP contribution in [0.25, 0.3) is 0 Å². The van der Waals surface area contributed by atoms with Gasteiger partial charge in [-0.1, -0.05) is 19.9 Å². The summed E-state index contributed by atoms with van der Waals surface area (Å²) in [6.45, 7) is 6.43. The van der Waals surface area contributed by atoms with Crippen LogP contribution in [-0.2, 0) is 11.2 Å². The molecule has 2 N–H and O–H groups in total. The minimum atomic E-state index is -0.342. The van der Waals surface area contributed by atoms with Crippen molar-refractivity contribution < 1.29 is 9.53 Å². The standard InChI is InChI=1S/C13H19NO2/c1-4-16-13(15)11-8-10(7-9(2)3)5-6-12(11)14/h5-6,8-9H,4,7,14H2,1-3H3. The van der Waals surface area contributed by atoms with E-state index in [2.05, 4.69) is 13.8 Å². The number of carbonyl (C=O) groups excluding carboxylic acids is 1. The van der Waals surface area contributed by atoms with Gasteiger partial charge in [0.05, 0.1) is 12.2 Å². The molecule has 0 aliphatic rings. The van der Waals surface area contributed by atoms with Gasteiger partial charge in [-0.2, -0.15) is 0 Å². The van der Waals surface area contributed by atoms with Crippen LogP contribution in [-0.4, -0.2) is 12.6 Å². The largest absolute Gasteiger partial charge is 0.462 e. The lowest BCUT2D eigenvalue weighted by molar-refractivity contribution is 0.0527. The number of nitrogens with two attached hydrogens (primary N) is 1. The molecule has 0 bridgehead atoms. The quantitative estimate of drug-likeness (QED) is 0.628. The van der Waals surface area contributed by atoms with Crippen molar-refractivity contribution in [3.05, 3.63) is 29.3 Å². The summed E-state index contributed by atoms with van der Waals surface area (Å²) in [4.78, 5) is 11.6. The molecule has 1 aromatic rings. The number of hydrogen-bond acceptors (Lipinski definition) is 3. The first-order valence-corrected chi connectivity index (χ1v) is 5.60. The van der Waals surface area contributed by atoms with E-state index in [1.54, 1.807) is 13.0 Å². The summed E-state index contributed by atoms with van der Waals surface area (Å²) in [5, 5.41) is 0. The molecule has 1 rings (SSSR count). The summed E-state index contributed by atoms with van der Waals surface area (Å²) in [5.41, 5.74) is 7.82. The summed E-state index contributed by atoms with van der Waals surface area (Å²) in [6.07, 6.45) is 0.937. The Morgan fingerprint density at radius 1 is 1.44 bits per heavy atom.